The van der Waals surface area contributed by atoms with Crippen LogP contribution < -0.4 is 15.7 Å². The molecular weight excluding hydrogens is 631 g/mol. The van der Waals surface area contributed by atoms with E-state index in [-0.39, 0.29) is 37.3 Å². The van der Waals surface area contributed by atoms with E-state index < -0.39 is 60.5 Å². The minimum Gasteiger partial charge on any atom is -0.503 e. The van der Waals surface area contributed by atoms with Crippen LogP contribution in [0.15, 0.2) is 66.7 Å². The van der Waals surface area contributed by atoms with Gasteiger partial charge in [0.15, 0.2) is 11.6 Å². The number of benzene rings is 3. The van der Waals surface area contributed by atoms with E-state index in [1.807, 2.05) is 60.7 Å². The van der Waals surface area contributed by atoms with E-state index in [2.05, 4.69) is 26.1 Å². The van der Waals surface area contributed by atoms with Gasteiger partial charge in [-0.3, -0.25) is 14.5 Å². The highest BCUT2D eigenvalue weighted by Crippen LogP contribution is 2.39. The lowest BCUT2D eigenvalue weighted by atomic mass is 10.1. The number of aromatic hydroxyl groups is 1. The maximum atomic E-state index is 15.5. The van der Waals surface area contributed by atoms with Gasteiger partial charge in [0.25, 0.3) is 8.32 Å². The first kappa shape index (κ1) is 36.6. The quantitative estimate of drug-likeness (QED) is 0.164. The minimum atomic E-state index is -3.15. The molecule has 258 valence electrons. The van der Waals surface area contributed by atoms with Gasteiger partial charge in [-0.15, -0.1) is 0 Å². The fourth-order valence-corrected chi connectivity index (χ4v) is 10.8. The summed E-state index contributed by atoms with van der Waals surface area (Å²) in [7, 11) is -1.70. The number of carbonyl (C=O) groups is 3. The molecule has 11 heteroatoms. The molecule has 48 heavy (non-hydrogen) atoms. The van der Waals surface area contributed by atoms with Crippen molar-refractivity contribution in [2.24, 2.45) is 5.92 Å². The number of anilines is 1. The Morgan fingerprint density at radius 1 is 0.979 bits per heavy atom. The van der Waals surface area contributed by atoms with Crippen LogP contribution in [0.25, 0.3) is 0 Å². The van der Waals surface area contributed by atoms with Gasteiger partial charge in [-0.2, -0.15) is 0 Å². The topological polar surface area (TPSA) is 114 Å². The summed E-state index contributed by atoms with van der Waals surface area (Å²) in [6, 6.07) is 20.0. The number of likely N-dealkylation sites (N-methyl/N-ethyl adjacent to an activating group) is 1. The first-order valence-electron chi connectivity index (χ1n) is 16.2. The molecule has 3 aromatic rings. The van der Waals surface area contributed by atoms with Crippen molar-refractivity contribution in [3.05, 3.63) is 83.7 Å². The molecule has 3 aromatic carbocycles. The largest absolute Gasteiger partial charge is 0.503 e. The molecule has 0 radical (unpaired) electrons. The van der Waals surface area contributed by atoms with E-state index in [4.69, 9.17) is 13.9 Å². The fraction of sp³-hybridized carbons (Fsp3) is 0.432. The molecular formula is C37H47FN2O7Si. The summed E-state index contributed by atoms with van der Waals surface area (Å²) >= 11 is 0. The molecule has 2 atom stereocenters. The molecule has 1 aliphatic rings. The van der Waals surface area contributed by atoms with Gasteiger partial charge < -0.3 is 24.3 Å². The number of fused-ring (bicyclic) bond motifs is 1. The number of nitrogens with zero attached hydrogens (tertiary/aromatic N) is 1. The molecule has 0 saturated carbocycles. The van der Waals surface area contributed by atoms with Gasteiger partial charge in [-0.25, -0.2) is 9.18 Å². The molecule has 0 spiro atoms. The highest BCUT2D eigenvalue weighted by atomic mass is 28.4. The van der Waals surface area contributed by atoms with Gasteiger partial charge in [0.2, 0.25) is 5.91 Å². The van der Waals surface area contributed by atoms with Gasteiger partial charge in [0.1, 0.15) is 11.6 Å². The summed E-state index contributed by atoms with van der Waals surface area (Å²) in [6.45, 7) is 13.1. The Kier molecular flexibility index (Phi) is 11.1. The monoisotopic (exact) mass is 678 g/mol. The smallest absolute Gasteiger partial charge is 0.410 e. The first-order valence-corrected chi connectivity index (χ1v) is 18.1. The fourth-order valence-electron chi connectivity index (χ4n) is 6.25. The number of carbonyl (C=O) groups excluding carboxylic acids is 3. The SMILES string of the molecule is CCOC(=O)C1Cc2cc(NC(=O)[C@H](CO[Si](c3ccccc3)(c3ccccc3)C(C)(C)C)N(C)C(=O)OC(C)(C)C)c(O)c(F)c2C1. The standard InChI is InChI=1S/C37H47FN2O7Si/c1-9-45-34(43)25-20-24-22-29(32(41)31(38)28(24)21-25)39-33(42)30(40(8)35(44)47-36(2,3)4)23-46-48(37(5,6)7,26-16-12-10-13-17-26)27-18-14-11-15-19-27/h10-19,22,25,30,41H,9,20-21,23H2,1-8H3,(H,39,42)/t25?,30-/m0/s1. The van der Waals surface area contributed by atoms with Crippen LogP contribution in [0.2, 0.25) is 5.04 Å². The molecule has 1 unspecified atom stereocenters. The summed E-state index contributed by atoms with van der Waals surface area (Å²) in [6.07, 6.45) is -0.472. The zero-order chi connectivity index (χ0) is 35.4. The van der Waals surface area contributed by atoms with E-state index in [1.165, 1.54) is 13.1 Å². The number of amides is 2. The van der Waals surface area contributed by atoms with E-state index in [9.17, 15) is 19.5 Å². The van der Waals surface area contributed by atoms with E-state index >= 15 is 4.39 Å². The van der Waals surface area contributed by atoms with Crippen molar-refractivity contribution in [3.63, 3.8) is 0 Å². The molecule has 2 N–H and O–H groups in total. The molecule has 0 heterocycles. The number of phenolic OH excluding ortho intramolecular Hbond substituents is 1. The number of phenols is 1. The van der Waals surface area contributed by atoms with Crippen molar-refractivity contribution in [2.45, 2.75) is 78.0 Å². The maximum absolute atomic E-state index is 15.5. The molecule has 2 amide bonds. The zero-order valence-electron chi connectivity index (χ0n) is 29.1. The van der Waals surface area contributed by atoms with Crippen LogP contribution in [0.5, 0.6) is 5.75 Å². The maximum Gasteiger partial charge on any atom is 0.410 e. The van der Waals surface area contributed by atoms with Gasteiger partial charge in [0, 0.05) is 7.05 Å². The Morgan fingerprint density at radius 3 is 2.04 bits per heavy atom. The average Bonchev–Trinajstić information content (AvgIpc) is 3.45. The number of ether oxygens (including phenoxy) is 2. The van der Waals surface area contributed by atoms with E-state index in [0.717, 1.165) is 15.3 Å². The van der Waals surface area contributed by atoms with Crippen LogP contribution in [0.1, 0.15) is 59.6 Å². The van der Waals surface area contributed by atoms with E-state index in [1.54, 1.807) is 27.7 Å². The number of esters is 1. The molecule has 9 nitrogen and oxygen atoms in total. The molecule has 0 bridgehead atoms. The lowest BCUT2D eigenvalue weighted by molar-refractivity contribution is -0.147. The van der Waals surface area contributed by atoms with Gasteiger partial charge in [-0.05, 0) is 73.1 Å². The third-order valence-corrected chi connectivity index (χ3v) is 13.6. The molecule has 4 rings (SSSR count). The summed E-state index contributed by atoms with van der Waals surface area (Å²) in [5.74, 6) is -3.41. The Morgan fingerprint density at radius 2 is 1.54 bits per heavy atom. The van der Waals surface area contributed by atoms with Gasteiger partial charge in [-0.1, -0.05) is 81.4 Å². The molecule has 1 aliphatic carbocycles. The normalized spacial score (nSPS) is 15.3. The van der Waals surface area contributed by atoms with Gasteiger partial charge >= 0.3 is 12.1 Å². The molecule has 0 fully saturated rings. The second kappa shape index (κ2) is 14.5. The second-order valence-electron chi connectivity index (χ2n) is 14.2. The van der Waals surface area contributed by atoms with Crippen LogP contribution in [-0.4, -0.2) is 68.2 Å². The van der Waals surface area contributed by atoms with Crippen molar-refractivity contribution in [3.8, 4) is 5.75 Å². The molecule has 0 aliphatic heterocycles. The zero-order valence-corrected chi connectivity index (χ0v) is 30.1. The lowest BCUT2D eigenvalue weighted by Gasteiger charge is -2.44. The van der Waals surface area contributed by atoms with Crippen molar-refractivity contribution in [2.75, 3.05) is 25.6 Å². The number of rotatable bonds is 10. The minimum absolute atomic E-state index is 0.0815. The number of hydrogen-bond donors (Lipinski definition) is 2. The van der Waals surface area contributed by atoms with Crippen LogP contribution in [0.4, 0.5) is 14.9 Å². The second-order valence-corrected chi connectivity index (χ2v) is 18.5. The predicted molar refractivity (Wildman–Crippen MR) is 186 cm³/mol. The van der Waals surface area contributed by atoms with Crippen LogP contribution in [-0.2, 0) is 36.3 Å². The average molecular weight is 679 g/mol. The summed E-state index contributed by atoms with van der Waals surface area (Å²) in [5.41, 5.74) is -0.323. The summed E-state index contributed by atoms with van der Waals surface area (Å²) in [4.78, 5) is 41.1. The van der Waals surface area contributed by atoms with Crippen molar-refractivity contribution in [1.82, 2.24) is 4.90 Å². The van der Waals surface area contributed by atoms with Crippen LogP contribution in [0.3, 0.4) is 0 Å². The molecule has 0 saturated heterocycles. The Bertz CT molecular complexity index is 1580. The Labute approximate surface area is 283 Å². The van der Waals surface area contributed by atoms with E-state index in [0.29, 0.717) is 5.56 Å². The van der Waals surface area contributed by atoms with Crippen LogP contribution >= 0.6 is 0 Å². The van der Waals surface area contributed by atoms with Crippen molar-refractivity contribution < 1.29 is 37.8 Å². The third-order valence-electron chi connectivity index (χ3n) is 8.55. The van der Waals surface area contributed by atoms with Crippen molar-refractivity contribution in [1.29, 1.82) is 0 Å². The molecule has 0 aromatic heterocycles. The third kappa shape index (κ3) is 7.73. The lowest BCUT2D eigenvalue weighted by Crippen LogP contribution is -2.67. The number of nitrogens with one attached hydrogen (secondary N) is 1. The number of halogens is 1. The summed E-state index contributed by atoms with van der Waals surface area (Å²) < 4.78 is 33.2. The van der Waals surface area contributed by atoms with Gasteiger partial charge in [0.05, 0.1) is 24.8 Å². The van der Waals surface area contributed by atoms with Crippen LogP contribution in [0, 0.1) is 11.7 Å². The van der Waals surface area contributed by atoms with Crippen molar-refractivity contribution >= 4 is 42.3 Å². The Hall–Kier alpha value is -4.22. The first-order chi connectivity index (χ1) is 22.5. The highest BCUT2D eigenvalue weighted by molar-refractivity contribution is 6.99. The Balaban J connectivity index is 1.73. The predicted octanol–water partition coefficient (Wildman–Crippen LogP) is 5.56. The number of hydrogen-bond acceptors (Lipinski definition) is 7. The highest BCUT2D eigenvalue weighted by Gasteiger charge is 2.51. The summed E-state index contributed by atoms with van der Waals surface area (Å²) in [5, 5.41) is 15.0.